The maximum Gasteiger partial charge on any atom is 0.0178 e. The minimum absolute atomic E-state index is 1.11. The summed E-state index contributed by atoms with van der Waals surface area (Å²) in [6, 6.07) is 14.7. The van der Waals surface area contributed by atoms with Crippen LogP contribution in [0.2, 0.25) is 0 Å². The van der Waals surface area contributed by atoms with Crippen LogP contribution in [0.25, 0.3) is 11.1 Å². The van der Waals surface area contributed by atoms with Gasteiger partial charge in [-0.2, -0.15) is 0 Å². The molecule has 0 heterocycles. The van der Waals surface area contributed by atoms with E-state index in [0.29, 0.717) is 0 Å². The van der Waals surface area contributed by atoms with E-state index in [0.717, 1.165) is 8.95 Å². The summed E-state index contributed by atoms with van der Waals surface area (Å²) in [6.45, 7) is 2.13. The van der Waals surface area contributed by atoms with Gasteiger partial charge in [0, 0.05) is 8.95 Å². The average molecular weight is 326 g/mol. The van der Waals surface area contributed by atoms with Gasteiger partial charge in [-0.15, -0.1) is 0 Å². The van der Waals surface area contributed by atoms with Crippen molar-refractivity contribution in [3.8, 4) is 11.1 Å². The van der Waals surface area contributed by atoms with Crippen molar-refractivity contribution in [3.05, 3.63) is 57.0 Å². The summed E-state index contributed by atoms with van der Waals surface area (Å²) in [6.07, 6.45) is 0. The molecular weight excluding hydrogens is 316 g/mol. The van der Waals surface area contributed by atoms with Crippen LogP contribution in [0, 0.1) is 6.92 Å². The lowest BCUT2D eigenvalue weighted by Crippen LogP contribution is -1.82. The van der Waals surface area contributed by atoms with Crippen LogP contribution in [0.1, 0.15) is 5.56 Å². The van der Waals surface area contributed by atoms with Crippen molar-refractivity contribution in [1.29, 1.82) is 0 Å². The van der Waals surface area contributed by atoms with Gasteiger partial charge in [0.2, 0.25) is 0 Å². The Kier molecular flexibility index (Phi) is 3.27. The fourth-order valence-corrected chi connectivity index (χ4v) is 2.32. The molecule has 15 heavy (non-hydrogen) atoms. The van der Waals surface area contributed by atoms with Crippen molar-refractivity contribution in [3.63, 3.8) is 0 Å². The van der Waals surface area contributed by atoms with Crippen LogP contribution in [0.15, 0.2) is 51.4 Å². The molecule has 0 aliphatic rings. The highest BCUT2D eigenvalue weighted by Crippen LogP contribution is 2.27. The highest BCUT2D eigenvalue weighted by atomic mass is 79.9. The van der Waals surface area contributed by atoms with Crippen LogP contribution < -0.4 is 0 Å². The monoisotopic (exact) mass is 324 g/mol. The second-order valence-corrected chi connectivity index (χ2v) is 5.30. The lowest BCUT2D eigenvalue weighted by molar-refractivity contribution is 1.44. The van der Waals surface area contributed by atoms with Crippen LogP contribution in [0.4, 0.5) is 0 Å². The largest absolute Gasteiger partial charge is 0.0533 e. The van der Waals surface area contributed by atoms with Gasteiger partial charge >= 0.3 is 0 Å². The maximum absolute atomic E-state index is 3.47. The first-order valence-corrected chi connectivity index (χ1v) is 6.27. The van der Waals surface area contributed by atoms with Crippen molar-refractivity contribution in [2.75, 3.05) is 0 Å². The Morgan fingerprint density at radius 1 is 0.800 bits per heavy atom. The van der Waals surface area contributed by atoms with Gasteiger partial charge in [0.05, 0.1) is 0 Å². The molecule has 0 aliphatic carbocycles. The van der Waals surface area contributed by atoms with Gasteiger partial charge in [0.1, 0.15) is 0 Å². The Morgan fingerprint density at radius 2 is 1.40 bits per heavy atom. The second kappa shape index (κ2) is 4.50. The summed E-state index contributed by atoms with van der Waals surface area (Å²) in [7, 11) is 0. The quantitative estimate of drug-likeness (QED) is 0.677. The van der Waals surface area contributed by atoms with E-state index in [1.165, 1.54) is 16.7 Å². The molecule has 0 nitrogen and oxygen atoms in total. The van der Waals surface area contributed by atoms with Crippen LogP contribution >= 0.6 is 31.9 Å². The van der Waals surface area contributed by atoms with E-state index in [4.69, 9.17) is 0 Å². The topological polar surface area (TPSA) is 0 Å². The number of hydrogen-bond acceptors (Lipinski definition) is 0. The normalized spacial score (nSPS) is 10.3. The predicted octanol–water partition coefficient (Wildman–Crippen LogP) is 5.19. The minimum Gasteiger partial charge on any atom is -0.0533 e. The molecule has 0 saturated carbocycles. The van der Waals surface area contributed by atoms with E-state index < -0.39 is 0 Å². The summed E-state index contributed by atoms with van der Waals surface area (Å²) >= 11 is 6.91. The smallest absolute Gasteiger partial charge is 0.0178 e. The first kappa shape index (κ1) is 10.9. The van der Waals surface area contributed by atoms with Crippen LogP contribution in [0.5, 0.6) is 0 Å². The molecule has 2 aromatic carbocycles. The van der Waals surface area contributed by atoms with E-state index in [1.54, 1.807) is 0 Å². The van der Waals surface area contributed by atoms with E-state index >= 15 is 0 Å². The third kappa shape index (κ3) is 2.50. The SMILES string of the molecule is Cc1cc(Br)ccc1-c1ccc(Br)cc1. The molecule has 0 fully saturated rings. The molecule has 0 N–H and O–H groups in total. The Bertz CT molecular complexity index is 472. The third-order valence-electron chi connectivity index (χ3n) is 2.34. The predicted molar refractivity (Wildman–Crippen MR) is 72.0 cm³/mol. The van der Waals surface area contributed by atoms with Crippen LogP contribution in [-0.4, -0.2) is 0 Å². The third-order valence-corrected chi connectivity index (χ3v) is 3.37. The van der Waals surface area contributed by atoms with Gasteiger partial charge in [0.15, 0.2) is 0 Å². The summed E-state index contributed by atoms with van der Waals surface area (Å²) in [5, 5.41) is 0. The molecular formula is C13H10Br2. The van der Waals surface area contributed by atoms with Crippen molar-refractivity contribution in [2.24, 2.45) is 0 Å². The molecule has 0 aromatic heterocycles. The van der Waals surface area contributed by atoms with E-state index in [9.17, 15) is 0 Å². The number of benzene rings is 2. The van der Waals surface area contributed by atoms with E-state index in [-0.39, 0.29) is 0 Å². The highest BCUT2D eigenvalue weighted by molar-refractivity contribution is 9.10. The Morgan fingerprint density at radius 3 is 2.00 bits per heavy atom. The Labute approximate surface area is 107 Å². The number of aryl methyl sites for hydroxylation is 1. The second-order valence-electron chi connectivity index (χ2n) is 3.47. The van der Waals surface area contributed by atoms with Crippen LogP contribution in [-0.2, 0) is 0 Å². The molecule has 2 aromatic rings. The molecule has 0 radical (unpaired) electrons. The van der Waals surface area contributed by atoms with Crippen molar-refractivity contribution >= 4 is 31.9 Å². The lowest BCUT2D eigenvalue weighted by atomic mass is 10.0. The lowest BCUT2D eigenvalue weighted by Gasteiger charge is -2.06. The standard InChI is InChI=1S/C13H10Br2/c1-9-8-12(15)6-7-13(9)10-2-4-11(14)5-3-10/h2-8H,1H3. The van der Waals surface area contributed by atoms with Crippen molar-refractivity contribution in [1.82, 2.24) is 0 Å². The molecule has 0 aliphatic heterocycles. The van der Waals surface area contributed by atoms with Gasteiger partial charge < -0.3 is 0 Å². The minimum atomic E-state index is 1.11. The number of halogens is 2. The maximum atomic E-state index is 3.47. The molecule has 0 bridgehead atoms. The number of hydrogen-bond donors (Lipinski definition) is 0. The zero-order valence-corrected chi connectivity index (χ0v) is 11.5. The molecule has 0 spiro atoms. The van der Waals surface area contributed by atoms with Gasteiger partial charge in [-0.1, -0.05) is 50.1 Å². The molecule has 0 saturated heterocycles. The molecule has 76 valence electrons. The first-order chi connectivity index (χ1) is 7.16. The molecule has 0 atom stereocenters. The Hall–Kier alpha value is -0.600. The van der Waals surface area contributed by atoms with E-state index in [2.05, 4.69) is 81.2 Å². The van der Waals surface area contributed by atoms with Gasteiger partial charge in [-0.3, -0.25) is 0 Å². The highest BCUT2D eigenvalue weighted by Gasteiger charge is 2.01. The van der Waals surface area contributed by atoms with Gasteiger partial charge in [0.25, 0.3) is 0 Å². The summed E-state index contributed by atoms with van der Waals surface area (Å²) in [4.78, 5) is 0. The Balaban J connectivity index is 2.49. The first-order valence-electron chi connectivity index (χ1n) is 4.69. The van der Waals surface area contributed by atoms with Gasteiger partial charge in [-0.25, -0.2) is 0 Å². The van der Waals surface area contributed by atoms with E-state index in [1.807, 2.05) is 0 Å². The van der Waals surface area contributed by atoms with Crippen molar-refractivity contribution in [2.45, 2.75) is 6.92 Å². The van der Waals surface area contributed by atoms with Gasteiger partial charge in [-0.05, 0) is 47.9 Å². The van der Waals surface area contributed by atoms with Crippen molar-refractivity contribution < 1.29 is 0 Å². The summed E-state index contributed by atoms with van der Waals surface area (Å²) in [5.74, 6) is 0. The summed E-state index contributed by atoms with van der Waals surface area (Å²) < 4.78 is 2.24. The molecule has 0 amide bonds. The molecule has 2 rings (SSSR count). The average Bonchev–Trinajstić information content (AvgIpc) is 2.20. The summed E-state index contributed by atoms with van der Waals surface area (Å²) in [5.41, 5.74) is 3.82. The molecule has 0 unspecified atom stereocenters. The fraction of sp³-hybridized carbons (Fsp3) is 0.0769. The van der Waals surface area contributed by atoms with Crippen LogP contribution in [0.3, 0.4) is 0 Å². The fourth-order valence-electron chi connectivity index (χ4n) is 1.58. The number of rotatable bonds is 1. The zero-order chi connectivity index (χ0) is 10.8. The zero-order valence-electron chi connectivity index (χ0n) is 8.30. The molecule has 2 heteroatoms.